The number of aromatic nitrogens is 1. The van der Waals surface area contributed by atoms with Crippen molar-refractivity contribution in [3.05, 3.63) is 89.7 Å². The Morgan fingerprint density at radius 3 is 2.37 bits per heavy atom. The summed E-state index contributed by atoms with van der Waals surface area (Å²) >= 11 is 0. The van der Waals surface area contributed by atoms with E-state index in [2.05, 4.69) is 31.6 Å². The van der Waals surface area contributed by atoms with Crippen molar-refractivity contribution >= 4 is 35.4 Å². The van der Waals surface area contributed by atoms with E-state index in [1.807, 2.05) is 6.07 Å². The molecule has 270 valence electrons. The Balaban J connectivity index is 1.45. The van der Waals surface area contributed by atoms with Crippen LogP contribution in [0.1, 0.15) is 41.9 Å². The van der Waals surface area contributed by atoms with Gasteiger partial charge in [0.2, 0.25) is 23.6 Å². The van der Waals surface area contributed by atoms with Gasteiger partial charge in [-0.1, -0.05) is 42.5 Å². The van der Waals surface area contributed by atoms with Gasteiger partial charge in [0.15, 0.2) is 6.61 Å². The van der Waals surface area contributed by atoms with Crippen LogP contribution in [-0.2, 0) is 36.8 Å². The number of amides is 6. The molecule has 7 N–H and O–H groups in total. The second-order valence-corrected chi connectivity index (χ2v) is 12.7. The minimum atomic E-state index is -1.48. The lowest BCUT2D eigenvalue weighted by molar-refractivity contribution is -0.143. The van der Waals surface area contributed by atoms with Crippen molar-refractivity contribution in [3.63, 3.8) is 0 Å². The minimum absolute atomic E-state index is 0.0257. The van der Waals surface area contributed by atoms with Gasteiger partial charge >= 0.3 is 0 Å². The van der Waals surface area contributed by atoms with E-state index in [4.69, 9.17) is 4.74 Å². The Labute approximate surface area is 294 Å². The molecule has 6 rings (SSSR count). The number of hydrogen-bond donors (Lipinski definition) is 7. The van der Waals surface area contributed by atoms with Crippen LogP contribution in [0.15, 0.2) is 72.9 Å². The predicted molar refractivity (Wildman–Crippen MR) is 184 cm³/mol. The standard InChI is InChI=1S/C36H43N7O8/c1-21-32(46)38-16-14-23-10-12-26(13-11-23)51-20-30(45)41-28(17-24-7-4-3-5-8-24)36(50)43-19-25(40-33(47)27-9-6-15-37-27)18-29(43)34(48)42-31(22(2)44)35(49)39-21/h3-13,15,21-22,25,28-29,31,37,44H,14,16-20H2,1-2H3,(H,38,46)(H,39,49)(H,40,47)(H,41,45)(H,42,48)/t21-,22+,25-,28-,29-,31-/m0/s1. The zero-order valence-corrected chi connectivity index (χ0v) is 28.4. The molecule has 2 aromatic carbocycles. The van der Waals surface area contributed by atoms with Gasteiger partial charge in [-0.3, -0.25) is 28.8 Å². The Hall–Kier alpha value is -5.70. The smallest absolute Gasteiger partial charge is 0.267 e. The molecule has 15 nitrogen and oxygen atoms in total. The van der Waals surface area contributed by atoms with E-state index in [0.717, 1.165) is 11.1 Å². The summed E-state index contributed by atoms with van der Waals surface area (Å²) in [5.74, 6) is -3.24. The third-order valence-corrected chi connectivity index (χ3v) is 8.80. The molecule has 0 saturated carbocycles. The molecular weight excluding hydrogens is 658 g/mol. The summed E-state index contributed by atoms with van der Waals surface area (Å²) < 4.78 is 5.71. The fourth-order valence-corrected chi connectivity index (χ4v) is 6.06. The van der Waals surface area contributed by atoms with Crippen molar-refractivity contribution in [1.29, 1.82) is 0 Å². The van der Waals surface area contributed by atoms with Gasteiger partial charge < -0.3 is 46.3 Å². The number of aromatic amines is 1. The molecule has 2 bridgehead atoms. The van der Waals surface area contributed by atoms with Crippen LogP contribution in [0, 0.1) is 0 Å². The van der Waals surface area contributed by atoms with E-state index in [9.17, 15) is 33.9 Å². The van der Waals surface area contributed by atoms with E-state index in [1.165, 1.54) is 18.7 Å². The van der Waals surface area contributed by atoms with Gasteiger partial charge in [0.25, 0.3) is 11.8 Å². The fourth-order valence-electron chi connectivity index (χ4n) is 6.06. The number of aliphatic hydroxyl groups is 1. The number of benzene rings is 2. The van der Waals surface area contributed by atoms with Crippen molar-refractivity contribution in [1.82, 2.24) is 36.5 Å². The molecule has 15 heteroatoms. The molecule has 3 aromatic rings. The summed E-state index contributed by atoms with van der Waals surface area (Å²) in [5.41, 5.74) is 1.91. The summed E-state index contributed by atoms with van der Waals surface area (Å²) in [6.07, 6.45) is 0.750. The number of aliphatic hydroxyl groups excluding tert-OH is 1. The molecular formula is C36H43N7O8. The molecule has 1 aromatic heterocycles. The van der Waals surface area contributed by atoms with Gasteiger partial charge in [-0.15, -0.1) is 0 Å². The molecule has 1 saturated heterocycles. The van der Waals surface area contributed by atoms with Crippen molar-refractivity contribution in [2.24, 2.45) is 0 Å². The van der Waals surface area contributed by atoms with E-state index in [0.29, 0.717) is 12.2 Å². The van der Waals surface area contributed by atoms with Crippen molar-refractivity contribution < 1.29 is 38.6 Å². The molecule has 0 aliphatic carbocycles. The van der Waals surface area contributed by atoms with Crippen molar-refractivity contribution in [3.8, 4) is 5.75 Å². The SMILES string of the molecule is C[C@@H]1NC(=O)[C@H]([C@@H](C)O)NC(=O)[C@@H]2C[C@H](NC(=O)c3ccc[nH]3)CN2C(=O)[C@H](Cc2ccccc2)NC(=O)COc2ccc(cc2)CCNC1=O. The van der Waals surface area contributed by atoms with E-state index < -0.39 is 78.4 Å². The van der Waals surface area contributed by atoms with Gasteiger partial charge in [0.1, 0.15) is 35.6 Å². The number of nitrogens with one attached hydrogen (secondary N) is 6. The Morgan fingerprint density at radius 1 is 0.941 bits per heavy atom. The molecule has 4 heterocycles. The Bertz CT molecular complexity index is 1700. The van der Waals surface area contributed by atoms with Gasteiger partial charge in [-0.25, -0.2) is 0 Å². The maximum atomic E-state index is 14.4. The normalized spacial score (nSPS) is 24.4. The average Bonchev–Trinajstić information content (AvgIpc) is 3.81. The molecule has 51 heavy (non-hydrogen) atoms. The number of carbonyl (C=O) groups is 6. The number of hydrogen-bond acceptors (Lipinski definition) is 8. The van der Waals surface area contributed by atoms with Crippen molar-refractivity contribution in [2.75, 3.05) is 19.7 Å². The number of nitrogens with zero attached hydrogens (tertiary/aromatic N) is 1. The summed E-state index contributed by atoms with van der Waals surface area (Å²) in [6, 6.07) is 13.8. The third kappa shape index (κ3) is 9.72. The number of H-pyrrole nitrogens is 1. The Kier molecular flexibility index (Phi) is 12.1. The molecule has 0 spiro atoms. The first-order valence-corrected chi connectivity index (χ1v) is 16.8. The highest BCUT2D eigenvalue weighted by molar-refractivity contribution is 5.97. The molecule has 6 amide bonds. The second kappa shape index (κ2) is 16.8. The number of rotatable bonds is 5. The fraction of sp³-hybridized carbons (Fsp3) is 0.389. The summed E-state index contributed by atoms with van der Waals surface area (Å²) in [5, 5.41) is 24.0. The largest absolute Gasteiger partial charge is 0.484 e. The van der Waals surface area contributed by atoms with Crippen LogP contribution in [0.25, 0.3) is 0 Å². The van der Waals surface area contributed by atoms with Crippen LogP contribution in [0.5, 0.6) is 5.75 Å². The van der Waals surface area contributed by atoms with Crippen LogP contribution in [0.2, 0.25) is 0 Å². The zero-order valence-electron chi connectivity index (χ0n) is 28.4. The molecule has 1 fully saturated rings. The highest BCUT2D eigenvalue weighted by Gasteiger charge is 2.44. The van der Waals surface area contributed by atoms with Gasteiger partial charge in [0.05, 0.1) is 6.10 Å². The molecule has 0 unspecified atom stereocenters. The van der Waals surface area contributed by atoms with Crippen LogP contribution in [0.4, 0.5) is 0 Å². The van der Waals surface area contributed by atoms with Crippen LogP contribution in [0.3, 0.4) is 0 Å². The first-order valence-electron chi connectivity index (χ1n) is 16.8. The minimum Gasteiger partial charge on any atom is -0.484 e. The second-order valence-electron chi connectivity index (χ2n) is 12.7. The topological polar surface area (TPSA) is 211 Å². The van der Waals surface area contributed by atoms with Crippen molar-refractivity contribution in [2.45, 2.75) is 69.4 Å². The maximum Gasteiger partial charge on any atom is 0.267 e. The molecule has 3 aliphatic heterocycles. The predicted octanol–water partition coefficient (Wildman–Crippen LogP) is -0.437. The first kappa shape index (κ1) is 36.6. The summed E-state index contributed by atoms with van der Waals surface area (Å²) in [7, 11) is 0. The monoisotopic (exact) mass is 701 g/mol. The van der Waals surface area contributed by atoms with Crippen LogP contribution >= 0.6 is 0 Å². The zero-order chi connectivity index (χ0) is 36.5. The van der Waals surface area contributed by atoms with E-state index >= 15 is 0 Å². The third-order valence-electron chi connectivity index (χ3n) is 8.80. The molecule has 6 atom stereocenters. The maximum absolute atomic E-state index is 14.4. The highest BCUT2D eigenvalue weighted by atomic mass is 16.5. The highest BCUT2D eigenvalue weighted by Crippen LogP contribution is 2.22. The van der Waals surface area contributed by atoms with E-state index in [1.54, 1.807) is 66.9 Å². The number of ether oxygens (including phenoxy) is 1. The summed E-state index contributed by atoms with van der Waals surface area (Å²) in [4.78, 5) is 84.7. The number of carbonyl (C=O) groups excluding carboxylic acids is 6. The number of fused-ring (bicyclic) bond motifs is 16. The van der Waals surface area contributed by atoms with E-state index in [-0.39, 0.29) is 31.6 Å². The quantitative estimate of drug-likeness (QED) is 0.173. The van der Waals surface area contributed by atoms with Gasteiger partial charge in [0, 0.05) is 31.7 Å². The lowest BCUT2D eigenvalue weighted by atomic mass is 10.0. The lowest BCUT2D eigenvalue weighted by Crippen LogP contribution is -2.60. The summed E-state index contributed by atoms with van der Waals surface area (Å²) in [6.45, 7) is 2.59. The van der Waals surface area contributed by atoms with Gasteiger partial charge in [-0.05, 0) is 62.1 Å². The Morgan fingerprint density at radius 2 is 1.69 bits per heavy atom. The molecule has 3 aliphatic rings. The molecule has 0 radical (unpaired) electrons. The van der Waals surface area contributed by atoms with Gasteiger partial charge in [-0.2, -0.15) is 0 Å². The average molecular weight is 702 g/mol. The van der Waals surface area contributed by atoms with Crippen LogP contribution in [-0.4, -0.2) is 106 Å². The first-order chi connectivity index (χ1) is 24.5. The lowest BCUT2D eigenvalue weighted by Gasteiger charge is -2.30. The van der Waals surface area contributed by atoms with Crippen LogP contribution < -0.4 is 31.3 Å².